The summed E-state index contributed by atoms with van der Waals surface area (Å²) < 4.78 is 10.5. The first kappa shape index (κ1) is 18.7. The number of nitrogens with one attached hydrogen (secondary N) is 2. The monoisotopic (exact) mass is 344 g/mol. The molecule has 25 heavy (non-hydrogen) atoms. The van der Waals surface area contributed by atoms with Gasteiger partial charge in [0.2, 0.25) is 0 Å². The van der Waals surface area contributed by atoms with Crippen molar-refractivity contribution in [1.29, 1.82) is 0 Å². The van der Waals surface area contributed by atoms with Crippen molar-refractivity contribution in [3.63, 3.8) is 0 Å². The summed E-state index contributed by atoms with van der Waals surface area (Å²) in [5.41, 5.74) is 2.97. The first-order valence-corrected chi connectivity index (χ1v) is 8.21. The van der Waals surface area contributed by atoms with Crippen molar-refractivity contribution in [2.45, 2.75) is 26.9 Å². The van der Waals surface area contributed by atoms with Gasteiger partial charge in [0.25, 0.3) is 5.91 Å². The molecule has 6 heteroatoms. The molecule has 0 saturated carbocycles. The molecule has 0 saturated heterocycles. The van der Waals surface area contributed by atoms with Gasteiger partial charge in [-0.3, -0.25) is 4.79 Å². The predicted octanol–water partition coefficient (Wildman–Crippen LogP) is 2.93. The molecule has 1 aromatic heterocycles. The lowest BCUT2D eigenvalue weighted by atomic mass is 10.1. The summed E-state index contributed by atoms with van der Waals surface area (Å²) in [5.74, 6) is -0.707. The van der Waals surface area contributed by atoms with E-state index in [1.807, 2.05) is 30.3 Å². The van der Waals surface area contributed by atoms with E-state index in [1.54, 1.807) is 27.9 Å². The van der Waals surface area contributed by atoms with Crippen molar-refractivity contribution in [1.82, 2.24) is 10.3 Å². The van der Waals surface area contributed by atoms with Crippen LogP contribution in [0.5, 0.6) is 0 Å². The van der Waals surface area contributed by atoms with E-state index in [4.69, 9.17) is 9.47 Å². The molecule has 0 radical (unpaired) electrons. The number of hydrogen-bond donors (Lipinski definition) is 2. The molecule has 1 unspecified atom stereocenters. The van der Waals surface area contributed by atoms with Gasteiger partial charge in [-0.05, 0) is 31.9 Å². The van der Waals surface area contributed by atoms with Gasteiger partial charge in [0.1, 0.15) is 5.69 Å². The molecular weight excluding hydrogens is 320 g/mol. The van der Waals surface area contributed by atoms with E-state index < -0.39 is 5.97 Å². The van der Waals surface area contributed by atoms with Gasteiger partial charge in [-0.15, -0.1) is 0 Å². The van der Waals surface area contributed by atoms with Crippen molar-refractivity contribution in [3.05, 3.63) is 58.4 Å². The van der Waals surface area contributed by atoms with Crippen LogP contribution in [-0.4, -0.2) is 37.1 Å². The van der Waals surface area contributed by atoms with E-state index in [9.17, 15) is 9.59 Å². The third-order valence-corrected chi connectivity index (χ3v) is 4.05. The minimum Gasteiger partial charge on any atom is -0.462 e. The topological polar surface area (TPSA) is 80.4 Å². The SMILES string of the molecule is CCOC(=O)c1c(C)[nH]c(C(=O)NCC(OC)c2ccccc2)c1C. The molecule has 1 atom stereocenters. The fourth-order valence-electron chi connectivity index (χ4n) is 2.77. The minimum absolute atomic E-state index is 0.244. The smallest absolute Gasteiger partial charge is 0.340 e. The van der Waals surface area contributed by atoms with Gasteiger partial charge in [0.05, 0.1) is 18.3 Å². The number of benzene rings is 1. The highest BCUT2D eigenvalue weighted by Crippen LogP contribution is 2.20. The van der Waals surface area contributed by atoms with Crippen molar-refractivity contribution in [2.24, 2.45) is 0 Å². The Balaban J connectivity index is 2.11. The number of amides is 1. The number of rotatable bonds is 7. The number of aromatic nitrogens is 1. The number of hydrogen-bond acceptors (Lipinski definition) is 4. The number of carbonyl (C=O) groups excluding carboxylic acids is 2. The van der Waals surface area contributed by atoms with Gasteiger partial charge in [-0.1, -0.05) is 30.3 Å². The van der Waals surface area contributed by atoms with Crippen molar-refractivity contribution in [2.75, 3.05) is 20.3 Å². The molecule has 2 rings (SSSR count). The second-order valence-corrected chi connectivity index (χ2v) is 5.69. The Kier molecular flexibility index (Phi) is 6.36. The molecule has 0 bridgehead atoms. The predicted molar refractivity (Wildman–Crippen MR) is 94.7 cm³/mol. The van der Waals surface area contributed by atoms with Crippen molar-refractivity contribution in [3.8, 4) is 0 Å². The highest BCUT2D eigenvalue weighted by atomic mass is 16.5. The third-order valence-electron chi connectivity index (χ3n) is 4.05. The number of carbonyl (C=O) groups is 2. The van der Waals surface area contributed by atoms with Crippen LogP contribution in [0, 0.1) is 13.8 Å². The summed E-state index contributed by atoms with van der Waals surface area (Å²) in [6.07, 6.45) is -0.244. The molecule has 2 N–H and O–H groups in total. The lowest BCUT2D eigenvalue weighted by Gasteiger charge is -2.16. The zero-order chi connectivity index (χ0) is 18.4. The fraction of sp³-hybridized carbons (Fsp3) is 0.368. The quantitative estimate of drug-likeness (QED) is 0.757. The van der Waals surface area contributed by atoms with Crippen LogP contribution in [-0.2, 0) is 9.47 Å². The molecule has 2 aromatic rings. The lowest BCUT2D eigenvalue weighted by Crippen LogP contribution is -2.30. The molecule has 0 aliphatic rings. The van der Waals surface area contributed by atoms with Crippen molar-refractivity contribution < 1.29 is 19.1 Å². The second-order valence-electron chi connectivity index (χ2n) is 5.69. The Morgan fingerprint density at radius 3 is 2.48 bits per heavy atom. The Labute approximate surface area is 147 Å². The van der Waals surface area contributed by atoms with Crippen molar-refractivity contribution >= 4 is 11.9 Å². The molecule has 6 nitrogen and oxygen atoms in total. The summed E-state index contributed by atoms with van der Waals surface area (Å²) in [4.78, 5) is 27.5. The van der Waals surface area contributed by atoms with Gasteiger partial charge >= 0.3 is 5.97 Å². The first-order valence-electron chi connectivity index (χ1n) is 8.21. The van der Waals surface area contributed by atoms with Crippen LogP contribution in [0.4, 0.5) is 0 Å². The average molecular weight is 344 g/mol. The molecule has 1 aromatic carbocycles. The fourth-order valence-corrected chi connectivity index (χ4v) is 2.77. The number of methoxy groups -OCH3 is 1. The number of aryl methyl sites for hydroxylation is 1. The zero-order valence-electron chi connectivity index (χ0n) is 15.0. The zero-order valence-corrected chi connectivity index (χ0v) is 15.0. The van der Waals surface area contributed by atoms with Gasteiger partial charge in [0, 0.05) is 19.3 Å². The summed E-state index contributed by atoms with van der Waals surface area (Å²) >= 11 is 0. The van der Waals surface area contributed by atoms with E-state index in [2.05, 4.69) is 10.3 Å². The van der Waals surface area contributed by atoms with Crippen LogP contribution < -0.4 is 5.32 Å². The highest BCUT2D eigenvalue weighted by Gasteiger charge is 2.23. The largest absolute Gasteiger partial charge is 0.462 e. The van der Waals surface area contributed by atoms with Crippen LogP contribution in [0.2, 0.25) is 0 Å². The maximum atomic E-state index is 12.5. The maximum Gasteiger partial charge on any atom is 0.340 e. The molecule has 134 valence electrons. The number of ether oxygens (including phenoxy) is 2. The molecule has 1 amide bonds. The van der Waals surface area contributed by atoms with Gasteiger partial charge < -0.3 is 19.8 Å². The Morgan fingerprint density at radius 2 is 1.88 bits per heavy atom. The molecule has 1 heterocycles. The second kappa shape index (κ2) is 8.48. The van der Waals surface area contributed by atoms with Crippen LogP contribution >= 0.6 is 0 Å². The first-order chi connectivity index (χ1) is 12.0. The molecule has 0 aliphatic heterocycles. The Morgan fingerprint density at radius 1 is 1.20 bits per heavy atom. The Bertz CT molecular complexity index is 737. The summed E-state index contributed by atoms with van der Waals surface area (Å²) in [6, 6.07) is 9.67. The number of aromatic amines is 1. The van der Waals surface area contributed by atoms with E-state index in [0.29, 0.717) is 29.1 Å². The third kappa shape index (κ3) is 4.28. The van der Waals surface area contributed by atoms with Crippen LogP contribution in [0.3, 0.4) is 0 Å². The molecule has 0 spiro atoms. The van der Waals surface area contributed by atoms with Crippen LogP contribution in [0.25, 0.3) is 0 Å². The summed E-state index contributed by atoms with van der Waals surface area (Å²) in [7, 11) is 1.60. The minimum atomic E-state index is -0.424. The summed E-state index contributed by atoms with van der Waals surface area (Å²) in [6.45, 7) is 5.84. The van der Waals surface area contributed by atoms with Gasteiger partial charge in [-0.2, -0.15) is 0 Å². The average Bonchev–Trinajstić information content (AvgIpc) is 2.91. The standard InChI is InChI=1S/C19H24N2O4/c1-5-25-19(23)16-12(2)17(21-13(16)3)18(22)20-11-15(24-4)14-9-7-6-8-10-14/h6-10,15,21H,5,11H2,1-4H3,(H,20,22). The van der Waals surface area contributed by atoms with Crippen LogP contribution in [0.15, 0.2) is 30.3 Å². The maximum absolute atomic E-state index is 12.5. The number of H-pyrrole nitrogens is 1. The summed E-state index contributed by atoms with van der Waals surface area (Å²) in [5, 5.41) is 2.85. The number of esters is 1. The molecular formula is C19H24N2O4. The van der Waals surface area contributed by atoms with E-state index in [0.717, 1.165) is 5.56 Å². The van der Waals surface area contributed by atoms with Gasteiger partial charge in [0.15, 0.2) is 0 Å². The highest BCUT2D eigenvalue weighted by molar-refractivity contribution is 6.00. The van der Waals surface area contributed by atoms with E-state index in [-0.39, 0.29) is 18.6 Å². The van der Waals surface area contributed by atoms with Crippen LogP contribution in [0.1, 0.15) is 50.7 Å². The van der Waals surface area contributed by atoms with Gasteiger partial charge in [-0.25, -0.2) is 4.79 Å². The normalized spacial score (nSPS) is 11.8. The molecule has 0 fully saturated rings. The van der Waals surface area contributed by atoms with E-state index in [1.165, 1.54) is 0 Å². The lowest BCUT2D eigenvalue weighted by molar-refractivity contribution is 0.0525. The molecule has 0 aliphatic carbocycles. The Hall–Kier alpha value is -2.60. The van der Waals surface area contributed by atoms with E-state index >= 15 is 0 Å².